The van der Waals surface area contributed by atoms with Crippen molar-refractivity contribution in [3.05, 3.63) is 271 Å². The molecule has 0 bridgehead atoms. The maximum Gasteiger partial charge on any atom is 0.0468 e. The highest BCUT2D eigenvalue weighted by molar-refractivity contribution is 6.02. The zero-order chi connectivity index (χ0) is 43.8. The summed E-state index contributed by atoms with van der Waals surface area (Å²) in [6, 6.07) is 94.1. The third kappa shape index (κ3) is 7.25. The topological polar surface area (TPSA) is 3.24 Å². The Hall–Kier alpha value is -8.26. The fourth-order valence-corrected chi connectivity index (χ4v) is 10.5. The lowest BCUT2D eigenvalue weighted by atomic mass is 9.80. The fourth-order valence-electron chi connectivity index (χ4n) is 10.5. The minimum absolute atomic E-state index is 0.227. The van der Waals surface area contributed by atoms with Gasteiger partial charge in [0.25, 0.3) is 0 Å². The Morgan fingerprint density at radius 2 is 0.803 bits per heavy atom. The van der Waals surface area contributed by atoms with Crippen molar-refractivity contribution in [2.75, 3.05) is 4.90 Å². The van der Waals surface area contributed by atoms with Gasteiger partial charge in [0.05, 0.1) is 0 Å². The highest BCUT2D eigenvalue weighted by Crippen LogP contribution is 2.48. The highest BCUT2D eigenvalue weighted by Gasteiger charge is 2.27. The van der Waals surface area contributed by atoms with E-state index < -0.39 is 0 Å². The van der Waals surface area contributed by atoms with E-state index in [9.17, 15) is 0 Å². The largest absolute Gasteiger partial charge is 0.310 e. The number of hydrogen-bond acceptors (Lipinski definition) is 1. The van der Waals surface area contributed by atoms with E-state index in [2.05, 4.69) is 260 Å². The van der Waals surface area contributed by atoms with Gasteiger partial charge in [-0.1, -0.05) is 212 Å². The Balaban J connectivity index is 1.03. The maximum atomic E-state index is 2.44. The molecule has 1 heteroatoms. The lowest BCUT2D eigenvalue weighted by molar-refractivity contribution is 0.727. The molecule has 0 fully saturated rings. The van der Waals surface area contributed by atoms with E-state index in [1.54, 1.807) is 0 Å². The molecule has 1 aliphatic rings. The highest BCUT2D eigenvalue weighted by atomic mass is 15.1. The smallest absolute Gasteiger partial charge is 0.0468 e. The standard InChI is InChI=1S/C65H47N/c1-2-15-45(16-3-1)47-31-36-53(37-32-47)66(54-38-33-48(34-39-54)52-30-29-46-17-4-5-20-51(46)43-52)55-40-42-64(65(44-55)59-28-14-21-49-18-6-8-22-56(49)59)62-27-13-12-26-61(62)63-41-35-50-19-7-9-23-57(50)58-24-10-11-25-60(58)63/h1-34,36-40,42-44,63H,35,41H2. The molecule has 1 nitrogen and oxygen atoms in total. The van der Waals surface area contributed by atoms with Gasteiger partial charge in [-0.25, -0.2) is 0 Å². The van der Waals surface area contributed by atoms with Crippen LogP contribution in [0.1, 0.15) is 29.0 Å². The lowest BCUT2D eigenvalue weighted by Crippen LogP contribution is -2.10. The summed E-state index contributed by atoms with van der Waals surface area (Å²) >= 11 is 0. The number of hydrogen-bond donors (Lipinski definition) is 0. The Bertz CT molecular complexity index is 3520. The summed E-state index contributed by atoms with van der Waals surface area (Å²) in [6.45, 7) is 0. The second-order valence-corrected chi connectivity index (χ2v) is 17.5. The number of aryl methyl sites for hydroxylation is 1. The summed E-state index contributed by atoms with van der Waals surface area (Å²) in [6.07, 6.45) is 2.06. The van der Waals surface area contributed by atoms with Gasteiger partial charge in [0.15, 0.2) is 0 Å². The van der Waals surface area contributed by atoms with Crippen molar-refractivity contribution < 1.29 is 0 Å². The van der Waals surface area contributed by atoms with Gasteiger partial charge in [-0.3, -0.25) is 0 Å². The van der Waals surface area contributed by atoms with E-state index in [1.165, 1.54) is 93.9 Å². The Labute approximate surface area is 387 Å². The van der Waals surface area contributed by atoms with E-state index in [4.69, 9.17) is 0 Å². The molecule has 66 heavy (non-hydrogen) atoms. The summed E-state index contributed by atoms with van der Waals surface area (Å²) in [5.41, 5.74) is 19.9. The van der Waals surface area contributed by atoms with E-state index in [-0.39, 0.29) is 5.92 Å². The molecular formula is C65H47N. The SMILES string of the molecule is c1ccc(-c2ccc(N(c3ccc(-c4ccc5ccccc5c4)cc3)c3ccc(-c4ccccc4C4CCc5ccccc5-c5ccccc54)c(-c4cccc5ccccc45)c3)cc2)cc1. The molecule has 11 aromatic carbocycles. The average molecular weight is 842 g/mol. The minimum Gasteiger partial charge on any atom is -0.310 e. The monoisotopic (exact) mass is 841 g/mol. The van der Waals surface area contributed by atoms with Crippen LogP contribution in [0.2, 0.25) is 0 Å². The molecule has 11 aromatic rings. The molecule has 1 atom stereocenters. The molecule has 312 valence electrons. The van der Waals surface area contributed by atoms with Gasteiger partial charge in [0.2, 0.25) is 0 Å². The zero-order valence-electron chi connectivity index (χ0n) is 36.7. The first-order chi connectivity index (χ1) is 32.7. The van der Waals surface area contributed by atoms with Gasteiger partial charge in [-0.15, -0.1) is 0 Å². The number of nitrogens with zero attached hydrogens (tertiary/aromatic N) is 1. The molecule has 0 saturated heterocycles. The van der Waals surface area contributed by atoms with E-state index >= 15 is 0 Å². The lowest BCUT2D eigenvalue weighted by Gasteiger charge is -2.28. The first-order valence-corrected chi connectivity index (χ1v) is 23.2. The molecule has 0 N–H and O–H groups in total. The second-order valence-electron chi connectivity index (χ2n) is 17.5. The molecule has 0 aromatic heterocycles. The summed E-state index contributed by atoms with van der Waals surface area (Å²) in [4.78, 5) is 2.42. The van der Waals surface area contributed by atoms with Crippen LogP contribution < -0.4 is 4.90 Å². The van der Waals surface area contributed by atoms with Gasteiger partial charge >= 0.3 is 0 Å². The number of benzene rings is 11. The molecule has 1 aliphatic carbocycles. The molecule has 0 spiro atoms. The predicted molar refractivity (Wildman–Crippen MR) is 280 cm³/mol. The number of anilines is 3. The third-order valence-corrected chi connectivity index (χ3v) is 13.8. The van der Waals surface area contributed by atoms with E-state index in [0.29, 0.717) is 0 Å². The number of rotatable bonds is 8. The molecular weight excluding hydrogens is 795 g/mol. The van der Waals surface area contributed by atoms with Gasteiger partial charge in [0, 0.05) is 23.0 Å². The van der Waals surface area contributed by atoms with Crippen molar-refractivity contribution in [1.82, 2.24) is 0 Å². The normalized spacial score (nSPS) is 13.2. The van der Waals surface area contributed by atoms with Crippen LogP contribution in [-0.2, 0) is 6.42 Å². The Morgan fingerprint density at radius 3 is 1.55 bits per heavy atom. The van der Waals surface area contributed by atoms with Crippen LogP contribution in [0.15, 0.2) is 255 Å². The Kier molecular flexibility index (Phi) is 10.2. The van der Waals surface area contributed by atoms with Gasteiger partial charge in [0.1, 0.15) is 0 Å². The van der Waals surface area contributed by atoms with Crippen LogP contribution in [0, 0.1) is 0 Å². The zero-order valence-corrected chi connectivity index (χ0v) is 36.7. The average Bonchev–Trinajstić information content (AvgIpc) is 3.56. The molecule has 12 rings (SSSR count). The minimum atomic E-state index is 0.227. The van der Waals surface area contributed by atoms with Crippen molar-refractivity contribution in [3.8, 4) is 55.6 Å². The molecule has 1 unspecified atom stereocenters. The maximum absolute atomic E-state index is 2.44. The van der Waals surface area contributed by atoms with Crippen LogP contribution in [-0.4, -0.2) is 0 Å². The molecule has 0 saturated carbocycles. The second kappa shape index (κ2) is 17.0. The van der Waals surface area contributed by atoms with Crippen LogP contribution in [0.3, 0.4) is 0 Å². The van der Waals surface area contributed by atoms with E-state index in [1.807, 2.05) is 0 Å². The molecule has 0 radical (unpaired) electrons. The van der Waals surface area contributed by atoms with Crippen molar-refractivity contribution in [3.63, 3.8) is 0 Å². The van der Waals surface area contributed by atoms with Crippen molar-refractivity contribution in [2.24, 2.45) is 0 Å². The summed E-state index contributed by atoms with van der Waals surface area (Å²) in [5, 5.41) is 4.97. The summed E-state index contributed by atoms with van der Waals surface area (Å²) in [7, 11) is 0. The molecule has 0 heterocycles. The van der Waals surface area contributed by atoms with Gasteiger partial charge in [-0.2, -0.15) is 0 Å². The van der Waals surface area contributed by atoms with Crippen LogP contribution in [0.4, 0.5) is 17.1 Å². The summed E-state index contributed by atoms with van der Waals surface area (Å²) in [5.74, 6) is 0.227. The third-order valence-electron chi connectivity index (χ3n) is 13.8. The van der Waals surface area contributed by atoms with Crippen LogP contribution in [0.25, 0.3) is 77.2 Å². The van der Waals surface area contributed by atoms with Gasteiger partial charge in [-0.05, 0) is 149 Å². The first kappa shape index (κ1) is 39.3. The molecule has 0 amide bonds. The van der Waals surface area contributed by atoms with Crippen LogP contribution >= 0.6 is 0 Å². The van der Waals surface area contributed by atoms with Crippen LogP contribution in [0.5, 0.6) is 0 Å². The first-order valence-electron chi connectivity index (χ1n) is 23.2. The quantitative estimate of drug-likeness (QED) is 0.147. The fraction of sp³-hybridized carbons (Fsp3) is 0.0462. The molecule has 0 aliphatic heterocycles. The van der Waals surface area contributed by atoms with E-state index in [0.717, 1.165) is 29.9 Å². The Morgan fingerprint density at radius 1 is 0.288 bits per heavy atom. The van der Waals surface area contributed by atoms with Crippen molar-refractivity contribution in [1.29, 1.82) is 0 Å². The summed E-state index contributed by atoms with van der Waals surface area (Å²) < 4.78 is 0. The van der Waals surface area contributed by atoms with Crippen molar-refractivity contribution >= 4 is 38.6 Å². The van der Waals surface area contributed by atoms with Crippen molar-refractivity contribution in [2.45, 2.75) is 18.8 Å². The predicted octanol–water partition coefficient (Wildman–Crippen LogP) is 17.9. The van der Waals surface area contributed by atoms with Gasteiger partial charge < -0.3 is 4.90 Å². The number of fused-ring (bicyclic) bond motifs is 5.